The van der Waals surface area contributed by atoms with Crippen molar-refractivity contribution in [2.45, 2.75) is 20.8 Å². The summed E-state index contributed by atoms with van der Waals surface area (Å²) in [4.78, 5) is 21.9. The Morgan fingerprint density at radius 2 is 1.89 bits per heavy atom. The summed E-state index contributed by atoms with van der Waals surface area (Å²) in [7, 11) is 0. The van der Waals surface area contributed by atoms with Crippen LogP contribution in [0.15, 0.2) is 24.3 Å². The van der Waals surface area contributed by atoms with Crippen molar-refractivity contribution in [3.05, 3.63) is 41.2 Å². The van der Waals surface area contributed by atoms with E-state index >= 15 is 0 Å². The number of carbonyl (C=O) groups excluding carboxylic acids is 2. The topological polar surface area (TPSA) is 64.0 Å². The van der Waals surface area contributed by atoms with Gasteiger partial charge in [-0.05, 0) is 38.1 Å². The molecule has 1 N–H and O–H groups in total. The van der Waals surface area contributed by atoms with Crippen LogP contribution in [0, 0.1) is 13.8 Å². The molecule has 0 fully saturated rings. The number of aromatic nitrogens is 2. The molecule has 5 nitrogen and oxygen atoms in total. The molecule has 0 atom stereocenters. The molecule has 0 aliphatic carbocycles. The molecule has 19 heavy (non-hydrogen) atoms. The van der Waals surface area contributed by atoms with Crippen LogP contribution in [0.2, 0.25) is 0 Å². The maximum absolute atomic E-state index is 11.0. The summed E-state index contributed by atoms with van der Waals surface area (Å²) in [6, 6.07) is 7.29. The summed E-state index contributed by atoms with van der Waals surface area (Å²) in [6.45, 7) is 5.12. The van der Waals surface area contributed by atoms with E-state index in [1.165, 1.54) is 6.92 Å². The maximum atomic E-state index is 11.0. The van der Waals surface area contributed by atoms with Gasteiger partial charge in [0.15, 0.2) is 6.29 Å². The normalized spacial score (nSPS) is 10.3. The summed E-state index contributed by atoms with van der Waals surface area (Å²) < 4.78 is 1.72. The van der Waals surface area contributed by atoms with Crippen LogP contribution in [0.4, 0.5) is 5.69 Å². The zero-order valence-electron chi connectivity index (χ0n) is 11.1. The standard InChI is InChI=1S/C14H15N3O2/c1-9-14(8-18)10(2)17(16-9)13-6-4-12(5-7-13)15-11(3)19/h4-8H,1-3H3,(H,15,19). The molecule has 0 saturated heterocycles. The number of aryl methyl sites for hydroxylation is 1. The van der Waals surface area contributed by atoms with Crippen LogP contribution in [-0.4, -0.2) is 22.0 Å². The number of nitrogens with one attached hydrogen (secondary N) is 1. The van der Waals surface area contributed by atoms with Gasteiger partial charge in [-0.25, -0.2) is 4.68 Å². The first kappa shape index (κ1) is 13.0. The number of hydrogen-bond donors (Lipinski definition) is 1. The van der Waals surface area contributed by atoms with Gasteiger partial charge in [-0.3, -0.25) is 9.59 Å². The molecule has 1 aromatic carbocycles. The molecule has 98 valence electrons. The molecule has 0 unspecified atom stereocenters. The van der Waals surface area contributed by atoms with Gasteiger partial charge in [0, 0.05) is 12.6 Å². The highest BCUT2D eigenvalue weighted by atomic mass is 16.1. The zero-order valence-corrected chi connectivity index (χ0v) is 11.1. The molecular weight excluding hydrogens is 242 g/mol. The summed E-state index contributed by atoms with van der Waals surface area (Å²) >= 11 is 0. The third-order valence-electron chi connectivity index (χ3n) is 2.90. The first-order chi connectivity index (χ1) is 9.02. The lowest BCUT2D eigenvalue weighted by Gasteiger charge is -2.06. The molecule has 0 spiro atoms. The maximum Gasteiger partial charge on any atom is 0.221 e. The highest BCUT2D eigenvalue weighted by molar-refractivity contribution is 5.88. The van der Waals surface area contributed by atoms with E-state index in [2.05, 4.69) is 10.4 Å². The highest BCUT2D eigenvalue weighted by Crippen LogP contribution is 2.18. The fraction of sp³-hybridized carbons (Fsp3) is 0.214. The number of carbonyl (C=O) groups is 2. The van der Waals surface area contributed by atoms with Crippen LogP contribution >= 0.6 is 0 Å². The Balaban J connectivity index is 2.37. The van der Waals surface area contributed by atoms with Crippen LogP contribution in [0.1, 0.15) is 28.7 Å². The number of anilines is 1. The van der Waals surface area contributed by atoms with Crippen LogP contribution in [0.5, 0.6) is 0 Å². The quantitative estimate of drug-likeness (QED) is 0.858. The van der Waals surface area contributed by atoms with Crippen LogP contribution in [-0.2, 0) is 4.79 Å². The number of nitrogens with zero attached hydrogens (tertiary/aromatic N) is 2. The van der Waals surface area contributed by atoms with Gasteiger partial charge >= 0.3 is 0 Å². The van der Waals surface area contributed by atoms with Gasteiger partial charge in [0.25, 0.3) is 0 Å². The lowest BCUT2D eigenvalue weighted by Crippen LogP contribution is -2.06. The predicted molar refractivity (Wildman–Crippen MR) is 72.7 cm³/mol. The van der Waals surface area contributed by atoms with Crippen LogP contribution < -0.4 is 5.32 Å². The van der Waals surface area contributed by atoms with Gasteiger partial charge < -0.3 is 5.32 Å². The fourth-order valence-corrected chi connectivity index (χ4v) is 1.97. The number of aldehydes is 1. The Kier molecular flexibility index (Phi) is 3.46. The second kappa shape index (κ2) is 5.06. The minimum Gasteiger partial charge on any atom is -0.326 e. The van der Waals surface area contributed by atoms with Gasteiger partial charge in [0.2, 0.25) is 5.91 Å². The molecular formula is C14H15N3O2. The van der Waals surface area contributed by atoms with Crippen molar-refractivity contribution in [1.82, 2.24) is 9.78 Å². The summed E-state index contributed by atoms with van der Waals surface area (Å²) in [5, 5.41) is 7.04. The Bertz CT molecular complexity index is 627. The lowest BCUT2D eigenvalue weighted by atomic mass is 10.2. The second-order valence-corrected chi connectivity index (χ2v) is 4.34. The Labute approximate surface area is 111 Å². The molecule has 1 heterocycles. The molecule has 1 amide bonds. The van der Waals surface area contributed by atoms with Crippen LogP contribution in [0.25, 0.3) is 5.69 Å². The fourth-order valence-electron chi connectivity index (χ4n) is 1.97. The molecule has 2 aromatic rings. The van der Waals surface area contributed by atoms with Crippen molar-refractivity contribution < 1.29 is 9.59 Å². The van der Waals surface area contributed by atoms with Crippen molar-refractivity contribution in [2.24, 2.45) is 0 Å². The smallest absolute Gasteiger partial charge is 0.221 e. The first-order valence-corrected chi connectivity index (χ1v) is 5.92. The zero-order chi connectivity index (χ0) is 14.0. The number of hydrogen-bond acceptors (Lipinski definition) is 3. The Morgan fingerprint density at radius 1 is 1.26 bits per heavy atom. The molecule has 2 rings (SSSR count). The van der Waals surface area contributed by atoms with Crippen molar-refractivity contribution in [1.29, 1.82) is 0 Å². The van der Waals surface area contributed by atoms with Gasteiger partial charge in [-0.15, -0.1) is 0 Å². The molecule has 0 radical (unpaired) electrons. The average Bonchev–Trinajstić information content (AvgIpc) is 2.64. The van der Waals surface area contributed by atoms with Gasteiger partial charge in [0.1, 0.15) is 0 Å². The van der Waals surface area contributed by atoms with Crippen LogP contribution in [0.3, 0.4) is 0 Å². The van der Waals surface area contributed by atoms with E-state index in [0.717, 1.165) is 23.4 Å². The number of benzene rings is 1. The van der Waals surface area contributed by atoms with Gasteiger partial charge in [-0.1, -0.05) is 0 Å². The predicted octanol–water partition coefficient (Wildman–Crippen LogP) is 2.26. The van der Waals surface area contributed by atoms with E-state index in [1.54, 1.807) is 23.7 Å². The highest BCUT2D eigenvalue weighted by Gasteiger charge is 2.11. The van der Waals surface area contributed by atoms with Gasteiger partial charge in [0.05, 0.1) is 22.6 Å². The SMILES string of the molecule is CC(=O)Nc1ccc(-n2nc(C)c(C=O)c2C)cc1. The Morgan fingerprint density at radius 3 is 2.37 bits per heavy atom. The van der Waals surface area contributed by atoms with E-state index < -0.39 is 0 Å². The molecule has 0 aliphatic heterocycles. The van der Waals surface area contributed by atoms with Crippen molar-refractivity contribution in [3.8, 4) is 5.69 Å². The summed E-state index contributed by atoms with van der Waals surface area (Å²) in [5.74, 6) is -0.109. The number of rotatable bonds is 3. The third kappa shape index (κ3) is 2.54. The lowest BCUT2D eigenvalue weighted by molar-refractivity contribution is -0.114. The minimum absolute atomic E-state index is 0.109. The van der Waals surface area contributed by atoms with Gasteiger partial charge in [-0.2, -0.15) is 5.10 Å². The van der Waals surface area contributed by atoms with Crippen molar-refractivity contribution >= 4 is 17.9 Å². The number of amides is 1. The second-order valence-electron chi connectivity index (χ2n) is 4.34. The summed E-state index contributed by atoms with van der Waals surface area (Å²) in [6.07, 6.45) is 0.819. The van der Waals surface area contributed by atoms with E-state index in [-0.39, 0.29) is 5.91 Å². The summed E-state index contributed by atoms with van der Waals surface area (Å²) in [5.41, 5.74) is 3.71. The monoisotopic (exact) mass is 257 g/mol. The van der Waals surface area contributed by atoms with E-state index in [9.17, 15) is 9.59 Å². The first-order valence-electron chi connectivity index (χ1n) is 5.92. The Hall–Kier alpha value is -2.43. The minimum atomic E-state index is -0.109. The van der Waals surface area contributed by atoms with Crippen molar-refractivity contribution in [2.75, 3.05) is 5.32 Å². The third-order valence-corrected chi connectivity index (χ3v) is 2.90. The van der Waals surface area contributed by atoms with E-state index in [4.69, 9.17) is 0 Å². The molecule has 1 aromatic heterocycles. The largest absolute Gasteiger partial charge is 0.326 e. The molecule has 5 heteroatoms. The average molecular weight is 257 g/mol. The van der Waals surface area contributed by atoms with E-state index in [0.29, 0.717) is 11.3 Å². The van der Waals surface area contributed by atoms with Crippen molar-refractivity contribution in [3.63, 3.8) is 0 Å². The van der Waals surface area contributed by atoms with E-state index in [1.807, 2.05) is 19.1 Å². The molecule has 0 bridgehead atoms. The molecule has 0 aliphatic rings. The molecule has 0 saturated carbocycles.